The van der Waals surface area contributed by atoms with Crippen LogP contribution in [0.25, 0.3) is 0 Å². The number of rotatable bonds is 3. The van der Waals surface area contributed by atoms with Crippen molar-refractivity contribution in [3.05, 3.63) is 34.9 Å². The number of likely N-dealkylation sites (tertiary alicyclic amines) is 1. The minimum Gasteiger partial charge on any atom is -0.481 e. The molecule has 1 heterocycles. The lowest BCUT2D eigenvalue weighted by Crippen LogP contribution is -2.31. The quantitative estimate of drug-likeness (QED) is 0.918. The van der Waals surface area contributed by atoms with E-state index < -0.39 is 11.9 Å². The van der Waals surface area contributed by atoms with Crippen molar-refractivity contribution in [2.24, 2.45) is 11.8 Å². The maximum Gasteiger partial charge on any atom is 0.308 e. The zero-order valence-electron chi connectivity index (χ0n) is 12.2. The molecule has 0 aliphatic carbocycles. The van der Waals surface area contributed by atoms with Crippen LogP contribution in [0.15, 0.2) is 18.2 Å². The van der Waals surface area contributed by atoms with E-state index in [1.54, 1.807) is 4.90 Å². The van der Waals surface area contributed by atoms with Gasteiger partial charge in [-0.2, -0.15) is 0 Å². The maximum absolute atomic E-state index is 12.3. The number of amides is 1. The Balaban J connectivity index is 2.02. The Bertz CT molecular complexity index is 539. The van der Waals surface area contributed by atoms with Gasteiger partial charge in [0.15, 0.2) is 0 Å². The predicted octanol–water partition coefficient (Wildman–Crippen LogP) is 2.03. The number of aryl methyl sites for hydroxylation is 2. The van der Waals surface area contributed by atoms with Gasteiger partial charge in [0.25, 0.3) is 0 Å². The van der Waals surface area contributed by atoms with Crippen LogP contribution >= 0.6 is 0 Å². The lowest BCUT2D eigenvalue weighted by atomic mass is 9.99. The van der Waals surface area contributed by atoms with Crippen molar-refractivity contribution >= 4 is 11.9 Å². The average molecular weight is 275 g/mol. The standard InChI is InChI=1S/C16H21NO3/c1-10-4-5-13(6-11(10)2)7-15(18)17-8-12(3)14(9-17)16(19)20/h4-6,12,14H,7-9H2,1-3H3,(H,19,20)/t12-,14-/m1/s1. The van der Waals surface area contributed by atoms with Crippen molar-refractivity contribution in [1.82, 2.24) is 4.90 Å². The maximum atomic E-state index is 12.3. The van der Waals surface area contributed by atoms with Crippen LogP contribution in [0.2, 0.25) is 0 Å². The summed E-state index contributed by atoms with van der Waals surface area (Å²) in [5.41, 5.74) is 3.37. The number of hydrogen-bond donors (Lipinski definition) is 1. The molecule has 1 aliphatic rings. The van der Waals surface area contributed by atoms with Gasteiger partial charge >= 0.3 is 5.97 Å². The lowest BCUT2D eigenvalue weighted by Gasteiger charge is -2.16. The van der Waals surface area contributed by atoms with Gasteiger partial charge in [0.2, 0.25) is 5.91 Å². The molecule has 2 atom stereocenters. The normalized spacial score (nSPS) is 22.1. The van der Waals surface area contributed by atoms with Gasteiger partial charge in [-0.05, 0) is 36.5 Å². The van der Waals surface area contributed by atoms with Crippen molar-refractivity contribution in [3.8, 4) is 0 Å². The van der Waals surface area contributed by atoms with E-state index in [2.05, 4.69) is 0 Å². The summed E-state index contributed by atoms with van der Waals surface area (Å²) in [6.07, 6.45) is 0.347. The van der Waals surface area contributed by atoms with Gasteiger partial charge in [-0.1, -0.05) is 25.1 Å². The molecular weight excluding hydrogens is 254 g/mol. The van der Waals surface area contributed by atoms with Crippen LogP contribution in [-0.2, 0) is 16.0 Å². The van der Waals surface area contributed by atoms with E-state index in [0.29, 0.717) is 19.5 Å². The highest BCUT2D eigenvalue weighted by atomic mass is 16.4. The van der Waals surface area contributed by atoms with Crippen molar-refractivity contribution in [3.63, 3.8) is 0 Å². The molecule has 20 heavy (non-hydrogen) atoms. The minimum absolute atomic E-state index is 0.0175. The molecule has 1 aromatic carbocycles. The Labute approximate surface area is 119 Å². The first-order chi connectivity index (χ1) is 9.38. The SMILES string of the molecule is Cc1ccc(CC(=O)N2C[C@@H](C)[C@H](C(=O)O)C2)cc1C. The first-order valence-corrected chi connectivity index (χ1v) is 6.95. The van der Waals surface area contributed by atoms with Crippen molar-refractivity contribution < 1.29 is 14.7 Å². The molecule has 0 unspecified atom stereocenters. The Morgan fingerprint density at radius 3 is 2.50 bits per heavy atom. The van der Waals surface area contributed by atoms with Crippen LogP contribution in [0.4, 0.5) is 0 Å². The molecule has 4 heteroatoms. The fraction of sp³-hybridized carbons (Fsp3) is 0.500. The van der Waals surface area contributed by atoms with Crippen LogP contribution in [0, 0.1) is 25.7 Å². The molecule has 4 nitrogen and oxygen atoms in total. The highest BCUT2D eigenvalue weighted by Crippen LogP contribution is 2.24. The number of carbonyl (C=O) groups excluding carboxylic acids is 1. The smallest absolute Gasteiger partial charge is 0.308 e. The van der Waals surface area contributed by atoms with Crippen molar-refractivity contribution in [2.75, 3.05) is 13.1 Å². The molecule has 0 aromatic heterocycles. The van der Waals surface area contributed by atoms with E-state index in [4.69, 9.17) is 5.11 Å². The number of carbonyl (C=O) groups is 2. The summed E-state index contributed by atoms with van der Waals surface area (Å²) < 4.78 is 0. The third kappa shape index (κ3) is 3.00. The van der Waals surface area contributed by atoms with Gasteiger partial charge < -0.3 is 10.0 Å². The third-order valence-electron chi connectivity index (χ3n) is 4.21. The molecule has 108 valence electrons. The molecule has 1 N–H and O–H groups in total. The van der Waals surface area contributed by atoms with E-state index in [0.717, 1.165) is 5.56 Å². The summed E-state index contributed by atoms with van der Waals surface area (Å²) in [6, 6.07) is 6.01. The summed E-state index contributed by atoms with van der Waals surface area (Å²) in [6.45, 7) is 6.84. The van der Waals surface area contributed by atoms with Crippen molar-refractivity contribution in [1.29, 1.82) is 0 Å². The topological polar surface area (TPSA) is 57.6 Å². The van der Waals surface area contributed by atoms with E-state index >= 15 is 0 Å². The molecule has 0 saturated carbocycles. The van der Waals surface area contributed by atoms with E-state index in [1.807, 2.05) is 39.0 Å². The number of carboxylic acids is 1. The number of nitrogens with zero attached hydrogens (tertiary/aromatic N) is 1. The largest absolute Gasteiger partial charge is 0.481 e. The first-order valence-electron chi connectivity index (χ1n) is 6.95. The number of aliphatic carboxylic acids is 1. The van der Waals surface area contributed by atoms with Crippen LogP contribution in [-0.4, -0.2) is 35.0 Å². The molecule has 1 saturated heterocycles. The number of carboxylic acid groups (broad SMARTS) is 1. The summed E-state index contributed by atoms with van der Waals surface area (Å²) in [5, 5.41) is 9.10. The number of benzene rings is 1. The first kappa shape index (κ1) is 14.6. The molecule has 1 aliphatic heterocycles. The highest BCUT2D eigenvalue weighted by Gasteiger charge is 2.36. The van der Waals surface area contributed by atoms with Gasteiger partial charge in [0, 0.05) is 13.1 Å². The van der Waals surface area contributed by atoms with Gasteiger partial charge in [-0.25, -0.2) is 0 Å². The van der Waals surface area contributed by atoms with Crippen LogP contribution in [0.1, 0.15) is 23.6 Å². The summed E-state index contributed by atoms with van der Waals surface area (Å²) in [5.74, 6) is -1.20. The predicted molar refractivity (Wildman–Crippen MR) is 76.5 cm³/mol. The monoisotopic (exact) mass is 275 g/mol. The molecule has 0 spiro atoms. The fourth-order valence-electron chi connectivity index (χ4n) is 2.69. The van der Waals surface area contributed by atoms with Crippen molar-refractivity contribution in [2.45, 2.75) is 27.2 Å². The summed E-state index contributed by atoms with van der Waals surface area (Å²) >= 11 is 0. The number of hydrogen-bond acceptors (Lipinski definition) is 2. The second-order valence-corrected chi connectivity index (χ2v) is 5.82. The van der Waals surface area contributed by atoms with Gasteiger partial charge in [0.1, 0.15) is 0 Å². The molecule has 2 rings (SSSR count). The molecule has 1 aromatic rings. The van der Waals surface area contributed by atoms with Crippen LogP contribution < -0.4 is 0 Å². The Hall–Kier alpha value is -1.84. The molecule has 0 bridgehead atoms. The van der Waals surface area contributed by atoms with E-state index in [9.17, 15) is 9.59 Å². The summed E-state index contributed by atoms with van der Waals surface area (Å²) in [4.78, 5) is 25.0. The lowest BCUT2D eigenvalue weighted by molar-refractivity contribution is -0.142. The average Bonchev–Trinajstić information content (AvgIpc) is 2.76. The molecule has 1 amide bonds. The third-order valence-corrected chi connectivity index (χ3v) is 4.21. The van der Waals surface area contributed by atoms with Gasteiger partial charge in [-0.15, -0.1) is 0 Å². The minimum atomic E-state index is -0.806. The van der Waals surface area contributed by atoms with Crippen LogP contribution in [0.5, 0.6) is 0 Å². The van der Waals surface area contributed by atoms with E-state index in [1.165, 1.54) is 11.1 Å². The fourth-order valence-corrected chi connectivity index (χ4v) is 2.69. The van der Waals surface area contributed by atoms with E-state index in [-0.39, 0.29) is 11.8 Å². The Morgan fingerprint density at radius 1 is 1.25 bits per heavy atom. The van der Waals surface area contributed by atoms with Gasteiger partial charge in [0.05, 0.1) is 12.3 Å². The zero-order chi connectivity index (χ0) is 14.9. The van der Waals surface area contributed by atoms with Crippen LogP contribution in [0.3, 0.4) is 0 Å². The molecular formula is C16H21NO3. The second kappa shape index (κ2) is 5.65. The molecule has 1 fully saturated rings. The molecule has 0 radical (unpaired) electrons. The Morgan fingerprint density at radius 2 is 1.95 bits per heavy atom. The van der Waals surface area contributed by atoms with Gasteiger partial charge in [-0.3, -0.25) is 9.59 Å². The second-order valence-electron chi connectivity index (χ2n) is 5.82. The zero-order valence-corrected chi connectivity index (χ0v) is 12.2. The Kier molecular flexibility index (Phi) is 4.12. The summed E-state index contributed by atoms with van der Waals surface area (Å²) in [7, 11) is 0. The highest BCUT2D eigenvalue weighted by molar-refractivity contribution is 5.81.